The molecule has 1 saturated heterocycles. The fraction of sp³-hybridized carbons (Fsp3) is 0.471. The van der Waals surface area contributed by atoms with Crippen LogP contribution in [-0.2, 0) is 9.59 Å². The summed E-state index contributed by atoms with van der Waals surface area (Å²) in [6, 6.07) is 7.45. The van der Waals surface area contributed by atoms with Crippen LogP contribution in [0.5, 0.6) is 0 Å². The third kappa shape index (κ3) is 2.81. The number of nitrogens with zero attached hydrogens (tertiary/aromatic N) is 2. The Balaban J connectivity index is 1.71. The summed E-state index contributed by atoms with van der Waals surface area (Å²) >= 11 is 0. The van der Waals surface area contributed by atoms with E-state index in [2.05, 4.69) is 9.97 Å². The Hall–Kier alpha value is -2.01. The number of likely N-dealkylation sites (tertiary alicyclic amines) is 1. The number of Topliss-reactive ketones (excluding diaryl/α,β-unsaturated/α-hetero) is 2. The van der Waals surface area contributed by atoms with Gasteiger partial charge >= 0.3 is 0 Å². The van der Waals surface area contributed by atoms with Gasteiger partial charge in [-0.2, -0.15) is 0 Å². The Morgan fingerprint density at radius 2 is 1.82 bits per heavy atom. The van der Waals surface area contributed by atoms with E-state index in [1.807, 2.05) is 29.2 Å². The van der Waals surface area contributed by atoms with Gasteiger partial charge in [-0.15, -0.1) is 0 Å². The highest BCUT2D eigenvalue weighted by atomic mass is 16.2. The van der Waals surface area contributed by atoms with Crippen molar-refractivity contribution >= 4 is 22.6 Å². The van der Waals surface area contributed by atoms with Gasteiger partial charge < -0.3 is 4.98 Å². The van der Waals surface area contributed by atoms with Crippen molar-refractivity contribution in [1.82, 2.24) is 14.9 Å². The number of para-hydroxylation sites is 2. The van der Waals surface area contributed by atoms with Crippen molar-refractivity contribution in [3.8, 4) is 0 Å². The Bertz CT molecular complexity index is 652. The number of H-pyrrole nitrogens is 1. The molecule has 0 saturated carbocycles. The van der Waals surface area contributed by atoms with E-state index in [4.69, 9.17) is 0 Å². The van der Waals surface area contributed by atoms with Gasteiger partial charge in [-0.1, -0.05) is 12.1 Å². The molecule has 1 N–H and O–H groups in total. The molecule has 5 heteroatoms. The first-order valence-corrected chi connectivity index (χ1v) is 7.76. The summed E-state index contributed by atoms with van der Waals surface area (Å²) in [6.45, 7) is 4.51. The second-order valence-electron chi connectivity index (χ2n) is 6.07. The van der Waals surface area contributed by atoms with Crippen molar-refractivity contribution < 1.29 is 9.59 Å². The molecule has 1 fully saturated rings. The summed E-state index contributed by atoms with van der Waals surface area (Å²) in [5.41, 5.74) is 2.05. The molecule has 3 rings (SSSR count). The minimum atomic E-state index is -0.573. The molecule has 5 nitrogen and oxygen atoms in total. The second-order valence-corrected chi connectivity index (χ2v) is 6.07. The van der Waals surface area contributed by atoms with Crippen molar-refractivity contribution in [2.75, 3.05) is 13.1 Å². The molecule has 2 heterocycles. The van der Waals surface area contributed by atoms with Crippen LogP contribution in [0.4, 0.5) is 0 Å². The standard InChI is InChI=1S/C17H21N3O2/c1-11(21)16(12(2)22)20-9-7-13(8-10-20)17-18-14-5-3-4-6-15(14)19-17/h3-6,13,16H,7-10H2,1-2H3,(H,18,19). The highest BCUT2D eigenvalue weighted by molar-refractivity contribution is 6.04. The molecule has 0 radical (unpaired) electrons. The van der Waals surface area contributed by atoms with Crippen LogP contribution in [0.15, 0.2) is 24.3 Å². The smallest absolute Gasteiger partial charge is 0.154 e. The van der Waals surface area contributed by atoms with Crippen LogP contribution in [0.2, 0.25) is 0 Å². The van der Waals surface area contributed by atoms with Gasteiger partial charge in [0.2, 0.25) is 0 Å². The molecule has 22 heavy (non-hydrogen) atoms. The lowest BCUT2D eigenvalue weighted by atomic mass is 9.94. The van der Waals surface area contributed by atoms with Crippen LogP contribution in [0.25, 0.3) is 11.0 Å². The van der Waals surface area contributed by atoms with Gasteiger partial charge in [0.05, 0.1) is 11.0 Å². The maximum atomic E-state index is 11.7. The highest BCUT2D eigenvalue weighted by Gasteiger charge is 2.31. The number of carbonyl (C=O) groups is 2. The Morgan fingerprint density at radius 1 is 1.18 bits per heavy atom. The van der Waals surface area contributed by atoms with E-state index in [-0.39, 0.29) is 11.6 Å². The fourth-order valence-electron chi connectivity index (χ4n) is 3.40. The minimum Gasteiger partial charge on any atom is -0.342 e. The maximum absolute atomic E-state index is 11.7. The van der Waals surface area contributed by atoms with Gasteiger partial charge in [0.1, 0.15) is 11.9 Å². The zero-order chi connectivity index (χ0) is 15.7. The second kappa shape index (κ2) is 6.01. The molecule has 0 amide bonds. The normalized spacial score (nSPS) is 17.2. The van der Waals surface area contributed by atoms with Gasteiger partial charge in [-0.3, -0.25) is 14.5 Å². The average Bonchev–Trinajstić information content (AvgIpc) is 2.91. The highest BCUT2D eigenvalue weighted by Crippen LogP contribution is 2.28. The molecule has 0 aliphatic carbocycles. The first kappa shape index (κ1) is 14.9. The molecule has 0 atom stereocenters. The van der Waals surface area contributed by atoms with E-state index < -0.39 is 6.04 Å². The molecule has 1 aromatic heterocycles. The third-order valence-electron chi connectivity index (χ3n) is 4.46. The van der Waals surface area contributed by atoms with Gasteiger partial charge in [-0.05, 0) is 51.9 Å². The van der Waals surface area contributed by atoms with Crippen LogP contribution >= 0.6 is 0 Å². The summed E-state index contributed by atoms with van der Waals surface area (Å²) in [5, 5.41) is 0. The summed E-state index contributed by atoms with van der Waals surface area (Å²) in [7, 11) is 0. The van der Waals surface area contributed by atoms with Crippen LogP contribution in [0, 0.1) is 0 Å². The zero-order valence-electron chi connectivity index (χ0n) is 13.0. The number of piperidine rings is 1. The Kier molecular flexibility index (Phi) is 4.07. The molecule has 0 bridgehead atoms. The SMILES string of the molecule is CC(=O)C(C(C)=O)N1CCC(c2nc3ccccc3[nH]2)CC1. The van der Waals surface area contributed by atoms with Crippen molar-refractivity contribution in [3.63, 3.8) is 0 Å². The molecule has 1 aliphatic rings. The fourth-order valence-corrected chi connectivity index (χ4v) is 3.40. The quantitative estimate of drug-likeness (QED) is 0.880. The molecular formula is C17H21N3O2. The third-order valence-corrected chi connectivity index (χ3v) is 4.46. The number of aromatic nitrogens is 2. The molecular weight excluding hydrogens is 278 g/mol. The number of carbonyl (C=O) groups excluding carboxylic acids is 2. The summed E-state index contributed by atoms with van der Waals surface area (Å²) < 4.78 is 0. The number of aromatic amines is 1. The predicted octanol–water partition coefficient (Wildman–Crippen LogP) is 2.29. The molecule has 1 aliphatic heterocycles. The van der Waals surface area contributed by atoms with Crippen LogP contribution in [0.1, 0.15) is 38.4 Å². The van der Waals surface area contributed by atoms with E-state index in [0.717, 1.165) is 42.8 Å². The number of fused-ring (bicyclic) bond motifs is 1. The molecule has 0 unspecified atom stereocenters. The number of ketones is 2. The van der Waals surface area contributed by atoms with Crippen molar-refractivity contribution in [1.29, 1.82) is 0 Å². The lowest BCUT2D eigenvalue weighted by molar-refractivity contribution is -0.132. The maximum Gasteiger partial charge on any atom is 0.154 e. The largest absolute Gasteiger partial charge is 0.342 e. The number of nitrogens with one attached hydrogen (secondary N) is 1. The Morgan fingerprint density at radius 3 is 2.41 bits per heavy atom. The number of benzene rings is 1. The van der Waals surface area contributed by atoms with Gasteiger partial charge in [-0.25, -0.2) is 4.98 Å². The van der Waals surface area contributed by atoms with Gasteiger partial charge in [0.15, 0.2) is 11.6 Å². The summed E-state index contributed by atoms with van der Waals surface area (Å²) in [4.78, 5) is 33.4. The van der Waals surface area contributed by atoms with Crippen molar-refractivity contribution in [3.05, 3.63) is 30.1 Å². The van der Waals surface area contributed by atoms with Crippen LogP contribution in [0.3, 0.4) is 0 Å². The van der Waals surface area contributed by atoms with E-state index in [1.165, 1.54) is 13.8 Å². The monoisotopic (exact) mass is 299 g/mol. The van der Waals surface area contributed by atoms with E-state index >= 15 is 0 Å². The van der Waals surface area contributed by atoms with Crippen molar-refractivity contribution in [2.24, 2.45) is 0 Å². The zero-order valence-corrected chi connectivity index (χ0v) is 13.0. The van der Waals surface area contributed by atoms with E-state index in [9.17, 15) is 9.59 Å². The lowest BCUT2D eigenvalue weighted by Gasteiger charge is -2.34. The lowest BCUT2D eigenvalue weighted by Crippen LogP contribution is -2.48. The molecule has 1 aromatic carbocycles. The summed E-state index contributed by atoms with van der Waals surface area (Å²) in [6.07, 6.45) is 1.83. The van der Waals surface area contributed by atoms with Crippen molar-refractivity contribution in [2.45, 2.75) is 38.6 Å². The van der Waals surface area contributed by atoms with E-state index in [0.29, 0.717) is 5.92 Å². The topological polar surface area (TPSA) is 66.1 Å². The van der Waals surface area contributed by atoms with Crippen LogP contribution in [-0.4, -0.2) is 45.6 Å². The molecule has 116 valence electrons. The number of rotatable bonds is 4. The first-order valence-electron chi connectivity index (χ1n) is 7.76. The van der Waals surface area contributed by atoms with Crippen LogP contribution < -0.4 is 0 Å². The number of hydrogen-bond donors (Lipinski definition) is 1. The molecule has 0 spiro atoms. The number of imidazole rings is 1. The molecule has 2 aromatic rings. The Labute approximate surface area is 129 Å². The van der Waals surface area contributed by atoms with Gasteiger partial charge in [0.25, 0.3) is 0 Å². The first-order chi connectivity index (χ1) is 10.6. The van der Waals surface area contributed by atoms with E-state index in [1.54, 1.807) is 0 Å². The average molecular weight is 299 g/mol. The summed E-state index contributed by atoms with van der Waals surface area (Å²) in [5.74, 6) is 1.26. The van der Waals surface area contributed by atoms with Gasteiger partial charge in [0, 0.05) is 5.92 Å². The minimum absolute atomic E-state index is 0.0605. The predicted molar refractivity (Wildman–Crippen MR) is 84.8 cm³/mol. The number of hydrogen-bond acceptors (Lipinski definition) is 4.